The Labute approximate surface area is 114 Å². The molecule has 1 aromatic heterocycles. The summed E-state index contributed by atoms with van der Waals surface area (Å²) in [4.78, 5) is 0. The van der Waals surface area contributed by atoms with Crippen molar-refractivity contribution in [2.75, 3.05) is 0 Å². The first kappa shape index (κ1) is 11.1. The number of rotatable bonds is 1. The minimum atomic E-state index is -0.223. The molecule has 0 radical (unpaired) electrons. The lowest BCUT2D eigenvalue weighted by Crippen LogP contribution is -2.00. The highest BCUT2D eigenvalue weighted by molar-refractivity contribution is 7.57. The number of fused-ring (bicyclic) bond motifs is 3. The lowest BCUT2D eigenvalue weighted by Gasteiger charge is -2.18. The minimum absolute atomic E-state index is 0.223. The van der Waals surface area contributed by atoms with E-state index in [-0.39, 0.29) is 7.53 Å². The zero-order valence-electron chi connectivity index (χ0n) is 10.7. The Morgan fingerprint density at radius 2 is 1.47 bits per heavy atom. The summed E-state index contributed by atoms with van der Waals surface area (Å²) < 4.78 is 0. The maximum atomic E-state index is 2.43. The Bertz CT molecular complexity index is 709. The Kier molecular flexibility index (Phi) is 2.57. The molecule has 1 aliphatic rings. The largest absolute Gasteiger partial charge is 0.0895 e. The van der Waals surface area contributed by atoms with Gasteiger partial charge in [-0.15, -0.1) is 0 Å². The van der Waals surface area contributed by atoms with Gasteiger partial charge in [0.15, 0.2) is 0 Å². The average molecular weight is 262 g/mol. The quantitative estimate of drug-likeness (QED) is 0.548. The second-order valence-corrected chi connectivity index (χ2v) is 7.13. The highest BCUT2D eigenvalue weighted by Gasteiger charge is 2.19. The van der Waals surface area contributed by atoms with Crippen molar-refractivity contribution in [3.8, 4) is 16.4 Å². The first-order chi connectivity index (χ1) is 9.43. The van der Waals surface area contributed by atoms with E-state index in [1.807, 2.05) is 0 Å². The van der Waals surface area contributed by atoms with E-state index in [0.717, 1.165) is 0 Å². The summed E-state index contributed by atoms with van der Waals surface area (Å²) in [5, 5.41) is 3.15. The fourth-order valence-corrected chi connectivity index (χ4v) is 5.31. The molecular formula is C18H15P. The smallest absolute Gasteiger partial charge is 0.00191 e. The lowest BCUT2D eigenvalue weighted by atomic mass is 9.91. The normalized spacial score (nSPS) is 13.8. The molecule has 0 spiro atoms. The highest BCUT2D eigenvalue weighted by atomic mass is 31.1. The maximum Gasteiger partial charge on any atom is -0.00191 e. The third-order valence-electron chi connectivity index (χ3n) is 3.97. The predicted octanol–water partition coefficient (Wildman–Crippen LogP) is 5.43. The SMILES string of the molecule is c1ccc(-p2ccc3c2CCc2ccccc2-3)cc1. The maximum absolute atomic E-state index is 2.43. The Hall–Kier alpha value is -1.78. The summed E-state index contributed by atoms with van der Waals surface area (Å²) in [6, 6.07) is 22.2. The first-order valence-electron chi connectivity index (χ1n) is 6.77. The van der Waals surface area contributed by atoms with Gasteiger partial charge < -0.3 is 0 Å². The van der Waals surface area contributed by atoms with E-state index in [1.165, 1.54) is 34.8 Å². The minimum Gasteiger partial charge on any atom is -0.0895 e. The van der Waals surface area contributed by atoms with Crippen LogP contribution in [0.3, 0.4) is 0 Å². The molecule has 0 bridgehead atoms. The number of hydrogen-bond acceptors (Lipinski definition) is 0. The third kappa shape index (κ3) is 1.76. The summed E-state index contributed by atoms with van der Waals surface area (Å²) in [6.07, 6.45) is 2.42. The summed E-state index contributed by atoms with van der Waals surface area (Å²) in [5.41, 5.74) is 4.47. The topological polar surface area (TPSA) is 0 Å². The number of benzene rings is 2. The van der Waals surface area contributed by atoms with E-state index < -0.39 is 0 Å². The van der Waals surface area contributed by atoms with Crippen molar-refractivity contribution in [2.24, 2.45) is 0 Å². The van der Waals surface area contributed by atoms with Crippen LogP contribution in [-0.4, -0.2) is 0 Å². The molecule has 2 aromatic carbocycles. The van der Waals surface area contributed by atoms with E-state index in [9.17, 15) is 0 Å². The van der Waals surface area contributed by atoms with Gasteiger partial charge in [0, 0.05) is 0 Å². The third-order valence-corrected chi connectivity index (χ3v) is 6.31. The average Bonchev–Trinajstić information content (AvgIpc) is 2.92. The fraction of sp³-hybridized carbons (Fsp3) is 0.111. The van der Waals surface area contributed by atoms with Crippen LogP contribution in [0, 0.1) is 0 Å². The van der Waals surface area contributed by atoms with Crippen LogP contribution >= 0.6 is 7.53 Å². The molecule has 1 unspecified atom stereocenters. The molecular weight excluding hydrogens is 247 g/mol. The van der Waals surface area contributed by atoms with E-state index >= 15 is 0 Å². The van der Waals surface area contributed by atoms with E-state index in [4.69, 9.17) is 0 Å². The molecule has 0 saturated heterocycles. The van der Waals surface area contributed by atoms with Crippen LogP contribution in [0.25, 0.3) is 16.4 Å². The molecule has 0 N–H and O–H groups in total. The summed E-state index contributed by atoms with van der Waals surface area (Å²) in [6.45, 7) is 0. The molecule has 1 heteroatoms. The molecule has 0 amide bonds. The molecule has 1 aliphatic carbocycles. The molecule has 19 heavy (non-hydrogen) atoms. The molecule has 0 fully saturated rings. The van der Waals surface area contributed by atoms with Crippen LogP contribution in [0.1, 0.15) is 10.9 Å². The van der Waals surface area contributed by atoms with Gasteiger partial charge in [-0.1, -0.05) is 62.1 Å². The van der Waals surface area contributed by atoms with E-state index in [1.54, 1.807) is 5.30 Å². The molecule has 0 nitrogen and oxygen atoms in total. The predicted molar refractivity (Wildman–Crippen MR) is 83.3 cm³/mol. The van der Waals surface area contributed by atoms with Gasteiger partial charge in [0.1, 0.15) is 0 Å². The monoisotopic (exact) mass is 262 g/mol. The zero-order chi connectivity index (χ0) is 12.7. The van der Waals surface area contributed by atoms with Gasteiger partial charge in [0.2, 0.25) is 0 Å². The second-order valence-electron chi connectivity index (χ2n) is 5.04. The highest BCUT2D eigenvalue weighted by Crippen LogP contribution is 2.51. The molecule has 4 rings (SSSR count). The van der Waals surface area contributed by atoms with Gasteiger partial charge in [-0.25, -0.2) is 0 Å². The molecule has 1 atom stereocenters. The van der Waals surface area contributed by atoms with E-state index in [0.29, 0.717) is 0 Å². The summed E-state index contributed by atoms with van der Waals surface area (Å²) in [5.74, 6) is 2.43. The number of aryl methyl sites for hydroxylation is 1. The summed E-state index contributed by atoms with van der Waals surface area (Å²) in [7, 11) is -0.223. The van der Waals surface area contributed by atoms with Gasteiger partial charge >= 0.3 is 0 Å². The van der Waals surface area contributed by atoms with Gasteiger partial charge in [0.05, 0.1) is 0 Å². The van der Waals surface area contributed by atoms with Gasteiger partial charge in [-0.2, -0.15) is 0 Å². The van der Waals surface area contributed by atoms with Crippen LogP contribution < -0.4 is 0 Å². The van der Waals surface area contributed by atoms with Crippen molar-refractivity contribution in [3.63, 3.8) is 0 Å². The van der Waals surface area contributed by atoms with Crippen LogP contribution in [-0.2, 0) is 12.8 Å². The fourth-order valence-electron chi connectivity index (χ4n) is 3.05. The van der Waals surface area contributed by atoms with Crippen molar-refractivity contribution >= 4 is 7.53 Å². The van der Waals surface area contributed by atoms with Gasteiger partial charge in [-0.05, 0) is 52.0 Å². The first-order valence-corrected chi connectivity index (χ1v) is 8.18. The van der Waals surface area contributed by atoms with Crippen LogP contribution in [0.4, 0.5) is 0 Å². The van der Waals surface area contributed by atoms with Crippen LogP contribution in [0.2, 0.25) is 0 Å². The molecule has 3 aromatic rings. The molecule has 0 saturated carbocycles. The number of hydrogen-bond donors (Lipinski definition) is 0. The lowest BCUT2D eigenvalue weighted by molar-refractivity contribution is 0.963. The molecule has 1 heterocycles. The van der Waals surface area contributed by atoms with Crippen molar-refractivity contribution in [1.29, 1.82) is 0 Å². The van der Waals surface area contributed by atoms with Crippen molar-refractivity contribution in [2.45, 2.75) is 12.8 Å². The van der Waals surface area contributed by atoms with Gasteiger partial charge in [0.25, 0.3) is 0 Å². The molecule has 0 aliphatic heterocycles. The standard InChI is InChI=1S/C18H15P/c1-2-7-15(8-3-1)19-13-12-17-16-9-5-4-6-14(16)10-11-18(17)19/h1-9,12-13H,10-11H2. The second kappa shape index (κ2) is 4.40. The Morgan fingerprint density at radius 1 is 0.684 bits per heavy atom. The summed E-state index contributed by atoms with van der Waals surface area (Å²) >= 11 is 0. The van der Waals surface area contributed by atoms with Crippen molar-refractivity contribution in [1.82, 2.24) is 0 Å². The van der Waals surface area contributed by atoms with Crippen LogP contribution in [0.15, 0.2) is 66.5 Å². The van der Waals surface area contributed by atoms with Crippen molar-refractivity contribution in [3.05, 3.63) is 77.3 Å². The Morgan fingerprint density at radius 3 is 2.37 bits per heavy atom. The zero-order valence-corrected chi connectivity index (χ0v) is 11.6. The molecule has 92 valence electrons. The van der Waals surface area contributed by atoms with Crippen LogP contribution in [0.5, 0.6) is 0 Å². The Balaban J connectivity index is 1.91. The van der Waals surface area contributed by atoms with Gasteiger partial charge in [-0.3, -0.25) is 0 Å². The van der Waals surface area contributed by atoms with E-state index in [2.05, 4.69) is 66.5 Å². The van der Waals surface area contributed by atoms with Crippen molar-refractivity contribution < 1.29 is 0 Å².